The molecule has 0 radical (unpaired) electrons. The summed E-state index contributed by atoms with van der Waals surface area (Å²) < 4.78 is 24.7. The maximum atomic E-state index is 12.5. The molecule has 11 heteroatoms. The summed E-state index contributed by atoms with van der Waals surface area (Å²) in [5.74, 6) is 0.360. The number of benzene rings is 3. The van der Waals surface area contributed by atoms with Crippen molar-refractivity contribution in [2.45, 2.75) is 30.5 Å². The van der Waals surface area contributed by atoms with Crippen LogP contribution in [0.4, 0.5) is 0 Å². The Balaban J connectivity index is 1.53. The zero-order chi connectivity index (χ0) is 29.9. The molecule has 42 heavy (non-hydrogen) atoms. The van der Waals surface area contributed by atoms with Gasteiger partial charge in [-0.15, -0.1) is 0 Å². The van der Waals surface area contributed by atoms with Crippen molar-refractivity contribution in [3.8, 4) is 11.5 Å². The molecule has 4 aromatic rings. The van der Waals surface area contributed by atoms with Gasteiger partial charge in [-0.1, -0.05) is 54.6 Å². The Morgan fingerprint density at radius 3 is 2.02 bits per heavy atom. The summed E-state index contributed by atoms with van der Waals surface area (Å²) in [7, 11) is 3.18. The molecule has 218 valence electrons. The van der Waals surface area contributed by atoms with Gasteiger partial charge in [0.2, 0.25) is 0 Å². The van der Waals surface area contributed by atoms with Crippen LogP contribution in [-0.4, -0.2) is 53.6 Å². The molecule has 3 atom stereocenters. The van der Waals surface area contributed by atoms with Crippen molar-refractivity contribution in [3.05, 3.63) is 128 Å². The summed E-state index contributed by atoms with van der Waals surface area (Å²) in [6.07, 6.45) is -1.78. The predicted octanol–water partition coefficient (Wildman–Crippen LogP) is 2.31. The van der Waals surface area contributed by atoms with Crippen molar-refractivity contribution >= 4 is 5.91 Å². The van der Waals surface area contributed by atoms with Gasteiger partial charge in [-0.25, -0.2) is 4.79 Å². The fraction of sp³-hybridized carbons (Fsp3) is 0.258. The van der Waals surface area contributed by atoms with Crippen LogP contribution < -0.4 is 26.5 Å². The number of hydrogen-bond acceptors (Lipinski definition) is 8. The van der Waals surface area contributed by atoms with Crippen molar-refractivity contribution in [1.29, 1.82) is 0 Å². The fourth-order valence-corrected chi connectivity index (χ4v) is 5.19. The topological polar surface area (TPSA) is 155 Å². The SMILES string of the molecule is COc1ccc(C(OC[C@H]2O[C@@H](n3cc(C(N)=O)c(=O)[nH]c3=O)C[C@@H]2O)(c2ccccc2)c2ccc(OC)cc2)cc1. The molecule has 1 aliphatic rings. The summed E-state index contributed by atoms with van der Waals surface area (Å²) in [6.45, 7) is -0.0780. The van der Waals surface area contributed by atoms with Crippen LogP contribution in [0.15, 0.2) is 94.6 Å². The first kappa shape index (κ1) is 28.8. The molecule has 1 aliphatic heterocycles. The minimum absolute atomic E-state index is 0.0155. The number of carbonyl (C=O) groups excluding carboxylic acids is 1. The van der Waals surface area contributed by atoms with Gasteiger partial charge < -0.3 is 29.8 Å². The second-order valence-electron chi connectivity index (χ2n) is 9.82. The van der Waals surface area contributed by atoms with Gasteiger partial charge in [0, 0.05) is 12.6 Å². The monoisotopic (exact) mass is 573 g/mol. The average Bonchev–Trinajstić information content (AvgIpc) is 3.38. The minimum atomic E-state index is -1.14. The molecule has 1 saturated heterocycles. The Morgan fingerprint density at radius 2 is 1.50 bits per heavy atom. The second-order valence-corrected chi connectivity index (χ2v) is 9.82. The normalized spacial score (nSPS) is 18.5. The fourth-order valence-electron chi connectivity index (χ4n) is 5.19. The summed E-state index contributed by atoms with van der Waals surface area (Å²) >= 11 is 0. The van der Waals surface area contributed by atoms with Gasteiger partial charge in [0.15, 0.2) is 0 Å². The average molecular weight is 574 g/mol. The van der Waals surface area contributed by atoms with Gasteiger partial charge in [0.05, 0.1) is 26.9 Å². The molecule has 0 aliphatic carbocycles. The largest absolute Gasteiger partial charge is 0.497 e. The molecule has 0 unspecified atom stereocenters. The molecule has 4 N–H and O–H groups in total. The third kappa shape index (κ3) is 5.45. The van der Waals surface area contributed by atoms with Crippen molar-refractivity contribution in [2.24, 2.45) is 5.73 Å². The number of nitrogens with one attached hydrogen (secondary N) is 1. The minimum Gasteiger partial charge on any atom is -0.497 e. The van der Waals surface area contributed by atoms with E-state index in [4.69, 9.17) is 24.7 Å². The van der Waals surface area contributed by atoms with Crippen molar-refractivity contribution < 1.29 is 28.8 Å². The number of methoxy groups -OCH3 is 2. The number of nitrogens with zero attached hydrogens (tertiary/aromatic N) is 1. The summed E-state index contributed by atoms with van der Waals surface area (Å²) in [5, 5.41) is 11.0. The Morgan fingerprint density at radius 1 is 0.952 bits per heavy atom. The van der Waals surface area contributed by atoms with Crippen LogP contribution in [0.5, 0.6) is 11.5 Å². The van der Waals surface area contributed by atoms with E-state index in [-0.39, 0.29) is 13.0 Å². The van der Waals surface area contributed by atoms with E-state index in [0.717, 1.165) is 27.5 Å². The smallest absolute Gasteiger partial charge is 0.330 e. The highest BCUT2D eigenvalue weighted by atomic mass is 16.6. The Kier molecular flexibility index (Phi) is 8.25. The molecule has 0 bridgehead atoms. The van der Waals surface area contributed by atoms with Crippen LogP contribution in [0.25, 0.3) is 0 Å². The number of rotatable bonds is 10. The second kappa shape index (κ2) is 12.0. The van der Waals surface area contributed by atoms with Crippen LogP contribution in [0.3, 0.4) is 0 Å². The lowest BCUT2D eigenvalue weighted by Crippen LogP contribution is -2.38. The van der Waals surface area contributed by atoms with E-state index in [0.29, 0.717) is 11.5 Å². The highest BCUT2D eigenvalue weighted by Crippen LogP contribution is 2.42. The lowest BCUT2D eigenvalue weighted by atomic mass is 9.80. The highest BCUT2D eigenvalue weighted by molar-refractivity contribution is 5.91. The number of H-pyrrole nitrogens is 1. The molecule has 1 fully saturated rings. The molecule has 1 aromatic heterocycles. The molecule has 0 spiro atoms. The first-order valence-corrected chi connectivity index (χ1v) is 13.2. The highest BCUT2D eigenvalue weighted by Gasteiger charge is 2.42. The standard InChI is InChI=1S/C31H31N3O8/c1-39-22-12-8-20(9-13-22)31(19-6-4-3-5-7-19,21-10-14-23(40-2)15-11-21)41-18-26-25(35)16-27(42-26)34-17-24(28(32)36)29(37)33-30(34)38/h3-15,17,25-27,35H,16,18H2,1-2H3,(H2,32,36)(H,33,37,38)/t25-,26+,27+/m0/s1. The zero-order valence-corrected chi connectivity index (χ0v) is 23.1. The number of aliphatic hydroxyl groups is 1. The third-order valence-electron chi connectivity index (χ3n) is 7.39. The van der Waals surface area contributed by atoms with E-state index < -0.39 is 46.8 Å². The quantitative estimate of drug-likeness (QED) is 0.244. The number of carbonyl (C=O) groups is 1. The van der Waals surface area contributed by atoms with Crippen LogP contribution in [0.1, 0.15) is 39.7 Å². The number of primary amides is 1. The molecule has 1 amide bonds. The number of ether oxygens (including phenoxy) is 4. The molecular formula is C31H31N3O8. The number of amides is 1. The predicted molar refractivity (Wildman–Crippen MR) is 153 cm³/mol. The Bertz CT molecular complexity index is 1600. The van der Waals surface area contributed by atoms with Crippen LogP contribution in [0.2, 0.25) is 0 Å². The number of aliphatic hydroxyl groups excluding tert-OH is 1. The molecule has 5 rings (SSSR count). The number of nitrogens with two attached hydrogens (primary N) is 1. The van der Waals surface area contributed by atoms with E-state index >= 15 is 0 Å². The maximum absolute atomic E-state index is 12.5. The summed E-state index contributed by atoms with van der Waals surface area (Å²) in [5.41, 5.74) is 4.48. The van der Waals surface area contributed by atoms with Crippen molar-refractivity contribution in [2.75, 3.05) is 20.8 Å². The van der Waals surface area contributed by atoms with Crippen LogP contribution in [-0.2, 0) is 15.1 Å². The summed E-state index contributed by atoms with van der Waals surface area (Å²) in [4.78, 5) is 38.3. The van der Waals surface area contributed by atoms with Gasteiger partial charge in [-0.3, -0.25) is 19.1 Å². The Labute approximate surface area is 241 Å². The molecule has 0 saturated carbocycles. The van der Waals surface area contributed by atoms with Gasteiger partial charge in [0.1, 0.15) is 35.0 Å². The van der Waals surface area contributed by atoms with Gasteiger partial charge in [-0.05, 0) is 41.0 Å². The Hall–Kier alpha value is -4.71. The van der Waals surface area contributed by atoms with E-state index in [1.807, 2.05) is 78.9 Å². The molecular weight excluding hydrogens is 542 g/mol. The molecule has 11 nitrogen and oxygen atoms in total. The van der Waals surface area contributed by atoms with Gasteiger partial charge in [0.25, 0.3) is 11.5 Å². The van der Waals surface area contributed by atoms with E-state index in [2.05, 4.69) is 4.98 Å². The van der Waals surface area contributed by atoms with Gasteiger partial charge >= 0.3 is 5.69 Å². The first-order valence-electron chi connectivity index (χ1n) is 13.2. The number of hydrogen-bond donors (Lipinski definition) is 3. The van der Waals surface area contributed by atoms with E-state index in [1.165, 1.54) is 0 Å². The lowest BCUT2D eigenvalue weighted by Gasteiger charge is -2.37. The number of aromatic nitrogens is 2. The van der Waals surface area contributed by atoms with Crippen molar-refractivity contribution in [3.63, 3.8) is 0 Å². The lowest BCUT2D eigenvalue weighted by molar-refractivity contribution is -0.0944. The third-order valence-corrected chi connectivity index (χ3v) is 7.39. The zero-order valence-electron chi connectivity index (χ0n) is 23.1. The van der Waals surface area contributed by atoms with Crippen LogP contribution >= 0.6 is 0 Å². The molecule has 3 aromatic carbocycles. The van der Waals surface area contributed by atoms with Crippen molar-refractivity contribution in [1.82, 2.24) is 9.55 Å². The number of aromatic amines is 1. The van der Waals surface area contributed by atoms with E-state index in [1.54, 1.807) is 14.2 Å². The molecule has 2 heterocycles. The van der Waals surface area contributed by atoms with E-state index in [9.17, 15) is 19.5 Å². The van der Waals surface area contributed by atoms with Crippen LogP contribution in [0, 0.1) is 0 Å². The summed E-state index contributed by atoms with van der Waals surface area (Å²) in [6, 6.07) is 24.7. The maximum Gasteiger partial charge on any atom is 0.330 e. The first-order chi connectivity index (χ1) is 20.3. The van der Waals surface area contributed by atoms with Gasteiger partial charge in [-0.2, -0.15) is 0 Å².